The largest absolute Gasteiger partial charge is 0.370 e. The fraction of sp³-hybridized carbons (Fsp3) is 0.375. The Labute approximate surface area is 115 Å². The number of benzene rings is 1. The molecule has 0 aliphatic heterocycles. The minimum absolute atomic E-state index is 0.816. The zero-order valence-electron chi connectivity index (χ0n) is 12.1. The van der Waals surface area contributed by atoms with Crippen molar-refractivity contribution >= 4 is 5.82 Å². The molecule has 1 aromatic carbocycles. The van der Waals surface area contributed by atoms with Gasteiger partial charge >= 0.3 is 0 Å². The lowest BCUT2D eigenvalue weighted by atomic mass is 10.0. The molecule has 1 aromatic heterocycles. The molecule has 0 saturated carbocycles. The summed E-state index contributed by atoms with van der Waals surface area (Å²) in [4.78, 5) is 9.28. The van der Waals surface area contributed by atoms with Gasteiger partial charge in [0.1, 0.15) is 5.82 Å². The summed E-state index contributed by atoms with van der Waals surface area (Å²) in [5.41, 5.74) is 4.71. The molecular formula is C16H21N3. The highest BCUT2D eigenvalue weighted by Crippen LogP contribution is 2.24. The third kappa shape index (κ3) is 2.92. The zero-order valence-corrected chi connectivity index (χ0v) is 12.1. The second kappa shape index (κ2) is 5.83. The van der Waals surface area contributed by atoms with Crippen LogP contribution in [0, 0.1) is 13.8 Å². The van der Waals surface area contributed by atoms with Gasteiger partial charge in [0.2, 0.25) is 0 Å². The van der Waals surface area contributed by atoms with Crippen molar-refractivity contribution in [3.8, 4) is 11.4 Å². The SMILES string of the molecule is CCNc1cc(CC)nc(-c2cccc(C)c2C)n1. The maximum Gasteiger partial charge on any atom is 0.162 e. The van der Waals surface area contributed by atoms with Gasteiger partial charge in [-0.15, -0.1) is 0 Å². The van der Waals surface area contributed by atoms with Crippen molar-refractivity contribution in [3.63, 3.8) is 0 Å². The van der Waals surface area contributed by atoms with Crippen molar-refractivity contribution in [2.75, 3.05) is 11.9 Å². The quantitative estimate of drug-likeness (QED) is 0.904. The number of hydrogen-bond acceptors (Lipinski definition) is 3. The van der Waals surface area contributed by atoms with Crippen LogP contribution in [0.5, 0.6) is 0 Å². The summed E-state index contributed by atoms with van der Waals surface area (Å²) in [5, 5.41) is 3.28. The molecule has 0 aliphatic carbocycles. The van der Waals surface area contributed by atoms with Gasteiger partial charge in [0, 0.05) is 23.9 Å². The molecule has 0 fully saturated rings. The van der Waals surface area contributed by atoms with E-state index in [2.05, 4.69) is 61.2 Å². The van der Waals surface area contributed by atoms with Gasteiger partial charge in [-0.2, -0.15) is 0 Å². The highest BCUT2D eigenvalue weighted by atomic mass is 15.0. The molecule has 1 N–H and O–H groups in total. The van der Waals surface area contributed by atoms with Crippen LogP contribution in [-0.4, -0.2) is 16.5 Å². The summed E-state index contributed by atoms with van der Waals surface area (Å²) in [6.45, 7) is 9.30. The Balaban J connectivity index is 2.54. The average molecular weight is 255 g/mol. The predicted octanol–water partition coefficient (Wildman–Crippen LogP) is 3.75. The molecule has 0 radical (unpaired) electrons. The highest BCUT2D eigenvalue weighted by Gasteiger charge is 2.09. The minimum atomic E-state index is 0.816. The van der Waals surface area contributed by atoms with Crippen LogP contribution in [0.25, 0.3) is 11.4 Å². The van der Waals surface area contributed by atoms with Gasteiger partial charge < -0.3 is 5.32 Å². The first-order valence-electron chi connectivity index (χ1n) is 6.84. The standard InChI is InChI=1S/C16H21N3/c1-5-13-10-15(17-6-2)19-16(18-13)14-9-7-8-11(3)12(14)4/h7-10H,5-6H2,1-4H3,(H,17,18,19). The topological polar surface area (TPSA) is 37.8 Å². The van der Waals surface area contributed by atoms with E-state index in [0.717, 1.165) is 35.9 Å². The van der Waals surface area contributed by atoms with Crippen LogP contribution in [0.1, 0.15) is 30.7 Å². The lowest BCUT2D eigenvalue weighted by Crippen LogP contribution is -2.04. The molecule has 3 nitrogen and oxygen atoms in total. The number of rotatable bonds is 4. The maximum absolute atomic E-state index is 4.66. The zero-order chi connectivity index (χ0) is 13.8. The number of hydrogen-bond donors (Lipinski definition) is 1. The van der Waals surface area contributed by atoms with E-state index in [1.54, 1.807) is 0 Å². The summed E-state index contributed by atoms with van der Waals surface area (Å²) in [6.07, 6.45) is 0.915. The molecule has 3 heteroatoms. The van der Waals surface area contributed by atoms with Gasteiger partial charge in [0.15, 0.2) is 5.82 Å². The summed E-state index contributed by atoms with van der Waals surface area (Å²) >= 11 is 0. The normalized spacial score (nSPS) is 10.5. The van der Waals surface area contributed by atoms with Crippen LogP contribution in [0.3, 0.4) is 0 Å². The van der Waals surface area contributed by atoms with E-state index in [9.17, 15) is 0 Å². The Hall–Kier alpha value is -1.90. The number of aromatic nitrogens is 2. The van der Waals surface area contributed by atoms with Crippen molar-refractivity contribution in [1.29, 1.82) is 0 Å². The highest BCUT2D eigenvalue weighted by molar-refractivity contribution is 5.63. The van der Waals surface area contributed by atoms with Crippen molar-refractivity contribution in [2.24, 2.45) is 0 Å². The van der Waals surface area contributed by atoms with Crippen LogP contribution in [0.2, 0.25) is 0 Å². The molecule has 0 atom stereocenters. The lowest BCUT2D eigenvalue weighted by molar-refractivity contribution is 0.996. The fourth-order valence-corrected chi connectivity index (χ4v) is 2.06. The predicted molar refractivity (Wildman–Crippen MR) is 80.5 cm³/mol. The molecule has 0 unspecified atom stereocenters. The summed E-state index contributed by atoms with van der Waals surface area (Å²) in [5.74, 6) is 1.72. The van der Waals surface area contributed by atoms with E-state index >= 15 is 0 Å². The van der Waals surface area contributed by atoms with E-state index in [0.29, 0.717) is 0 Å². The van der Waals surface area contributed by atoms with Gasteiger partial charge in [-0.25, -0.2) is 9.97 Å². The van der Waals surface area contributed by atoms with E-state index in [1.165, 1.54) is 11.1 Å². The molecule has 1 heterocycles. The average Bonchev–Trinajstić information content (AvgIpc) is 2.42. The fourth-order valence-electron chi connectivity index (χ4n) is 2.06. The lowest BCUT2D eigenvalue weighted by Gasteiger charge is -2.11. The third-order valence-electron chi connectivity index (χ3n) is 3.34. The molecule has 19 heavy (non-hydrogen) atoms. The number of nitrogens with zero attached hydrogens (tertiary/aromatic N) is 2. The Kier molecular flexibility index (Phi) is 4.15. The van der Waals surface area contributed by atoms with E-state index < -0.39 is 0 Å². The van der Waals surface area contributed by atoms with Crippen LogP contribution < -0.4 is 5.32 Å². The molecule has 0 spiro atoms. The maximum atomic E-state index is 4.66. The molecule has 0 saturated heterocycles. The second-order valence-corrected chi connectivity index (χ2v) is 4.70. The van der Waals surface area contributed by atoms with E-state index in [1.807, 2.05) is 6.07 Å². The summed E-state index contributed by atoms with van der Waals surface area (Å²) in [6, 6.07) is 8.30. The molecule has 0 amide bonds. The van der Waals surface area contributed by atoms with Crippen molar-refractivity contribution < 1.29 is 0 Å². The number of nitrogens with one attached hydrogen (secondary N) is 1. The molecule has 100 valence electrons. The van der Waals surface area contributed by atoms with Gasteiger partial charge in [-0.05, 0) is 38.3 Å². The van der Waals surface area contributed by atoms with Crippen molar-refractivity contribution in [2.45, 2.75) is 34.1 Å². The Morgan fingerprint density at radius 3 is 2.58 bits per heavy atom. The van der Waals surface area contributed by atoms with Crippen LogP contribution >= 0.6 is 0 Å². The Bertz CT molecular complexity index is 576. The monoisotopic (exact) mass is 255 g/mol. The van der Waals surface area contributed by atoms with E-state index in [4.69, 9.17) is 0 Å². The first-order valence-corrected chi connectivity index (χ1v) is 6.84. The number of anilines is 1. The van der Waals surface area contributed by atoms with Gasteiger partial charge in [-0.3, -0.25) is 0 Å². The van der Waals surface area contributed by atoms with Gasteiger partial charge in [-0.1, -0.05) is 25.1 Å². The smallest absolute Gasteiger partial charge is 0.162 e. The first kappa shape index (κ1) is 13.5. The summed E-state index contributed by atoms with van der Waals surface area (Å²) in [7, 11) is 0. The molecule has 2 aromatic rings. The minimum Gasteiger partial charge on any atom is -0.370 e. The van der Waals surface area contributed by atoms with Crippen molar-refractivity contribution in [1.82, 2.24) is 9.97 Å². The van der Waals surface area contributed by atoms with Crippen LogP contribution in [0.4, 0.5) is 5.82 Å². The third-order valence-corrected chi connectivity index (χ3v) is 3.34. The summed E-state index contributed by atoms with van der Waals surface area (Å²) < 4.78 is 0. The first-order chi connectivity index (χ1) is 9.15. The number of aryl methyl sites for hydroxylation is 2. The van der Waals surface area contributed by atoms with Gasteiger partial charge in [0.25, 0.3) is 0 Å². The molecule has 0 aliphatic rings. The molecular weight excluding hydrogens is 234 g/mol. The molecule has 2 rings (SSSR count). The van der Waals surface area contributed by atoms with Crippen LogP contribution in [0.15, 0.2) is 24.3 Å². The molecule has 0 bridgehead atoms. The van der Waals surface area contributed by atoms with Crippen molar-refractivity contribution in [3.05, 3.63) is 41.1 Å². The Morgan fingerprint density at radius 2 is 1.89 bits per heavy atom. The second-order valence-electron chi connectivity index (χ2n) is 4.70. The Morgan fingerprint density at radius 1 is 1.11 bits per heavy atom. The van der Waals surface area contributed by atoms with Gasteiger partial charge in [0.05, 0.1) is 0 Å². The van der Waals surface area contributed by atoms with Crippen LogP contribution in [-0.2, 0) is 6.42 Å². The van der Waals surface area contributed by atoms with E-state index in [-0.39, 0.29) is 0 Å².